The highest BCUT2D eigenvalue weighted by Gasteiger charge is 2.15. The van der Waals surface area contributed by atoms with E-state index >= 15 is 0 Å². The molecule has 88 valence electrons. The molecule has 0 radical (unpaired) electrons. The van der Waals surface area contributed by atoms with Crippen molar-refractivity contribution in [1.82, 2.24) is 0 Å². The lowest BCUT2D eigenvalue weighted by Gasteiger charge is -2.05. The molecule has 0 heterocycles. The molecular weight excluding hydrogens is 278 g/mol. The summed E-state index contributed by atoms with van der Waals surface area (Å²) in [5, 5.41) is 0. The van der Waals surface area contributed by atoms with Crippen molar-refractivity contribution in [2.75, 3.05) is 0 Å². The van der Waals surface area contributed by atoms with Crippen LogP contribution in [0.25, 0.3) is 0 Å². The molecule has 0 saturated carbocycles. The number of ketones is 1. The summed E-state index contributed by atoms with van der Waals surface area (Å²) in [4.78, 5) is 11.7. The number of rotatable bonds is 5. The summed E-state index contributed by atoms with van der Waals surface area (Å²) in [6, 6.07) is 2.30. The highest BCUT2D eigenvalue weighted by molar-refractivity contribution is 9.10. The van der Waals surface area contributed by atoms with Crippen LogP contribution in [0, 0.1) is 11.6 Å². The Bertz CT molecular complexity index is 391. The van der Waals surface area contributed by atoms with E-state index < -0.39 is 11.6 Å². The van der Waals surface area contributed by atoms with Crippen molar-refractivity contribution >= 4 is 21.7 Å². The quantitative estimate of drug-likeness (QED) is 0.444. The first-order valence-electron chi connectivity index (χ1n) is 5.24. The first-order valence-corrected chi connectivity index (χ1v) is 6.04. The summed E-state index contributed by atoms with van der Waals surface area (Å²) in [5.41, 5.74) is 0.218. The smallest absolute Gasteiger partial charge is 0.173 e. The lowest BCUT2D eigenvalue weighted by molar-refractivity contribution is 0.0978. The van der Waals surface area contributed by atoms with Gasteiger partial charge in [-0.25, -0.2) is 8.78 Å². The average Bonchev–Trinajstić information content (AvgIpc) is 2.26. The Morgan fingerprint density at radius 2 is 2.00 bits per heavy atom. The predicted octanol–water partition coefficient (Wildman–Crippen LogP) is 4.49. The molecular formula is C12H13BrF2O. The Balaban J connectivity index is 2.80. The van der Waals surface area contributed by atoms with Crippen LogP contribution in [0.4, 0.5) is 8.78 Å². The Morgan fingerprint density at radius 1 is 1.31 bits per heavy atom. The lowest BCUT2D eigenvalue weighted by Crippen LogP contribution is -2.02. The minimum absolute atomic E-state index is 0.0750. The van der Waals surface area contributed by atoms with Gasteiger partial charge in [0.2, 0.25) is 0 Å². The Labute approximate surface area is 102 Å². The Morgan fingerprint density at radius 3 is 2.62 bits per heavy atom. The second-order valence-electron chi connectivity index (χ2n) is 3.60. The van der Waals surface area contributed by atoms with Gasteiger partial charge in [0.15, 0.2) is 17.4 Å². The molecule has 0 aliphatic carbocycles. The molecule has 0 aromatic heterocycles. The largest absolute Gasteiger partial charge is 0.294 e. The number of Topliss-reactive ketones (excluding diaryl/α,β-unsaturated/α-hetero) is 1. The van der Waals surface area contributed by atoms with Gasteiger partial charge in [-0.15, -0.1) is 0 Å². The number of hydrogen-bond acceptors (Lipinski definition) is 1. The maximum Gasteiger partial charge on any atom is 0.173 e. The number of unbranched alkanes of at least 4 members (excludes halogenated alkanes) is 2. The molecule has 0 bridgehead atoms. The van der Waals surface area contributed by atoms with Crippen LogP contribution in [0.5, 0.6) is 0 Å². The maximum absolute atomic E-state index is 13.2. The molecule has 0 N–H and O–H groups in total. The molecule has 0 amide bonds. The van der Waals surface area contributed by atoms with Crippen molar-refractivity contribution in [3.8, 4) is 0 Å². The molecule has 1 aromatic carbocycles. The normalized spacial score (nSPS) is 10.5. The Hall–Kier alpha value is -0.770. The predicted molar refractivity (Wildman–Crippen MR) is 62.5 cm³/mol. The van der Waals surface area contributed by atoms with Crippen LogP contribution in [-0.2, 0) is 0 Å². The summed E-state index contributed by atoms with van der Waals surface area (Å²) >= 11 is 2.90. The molecule has 0 saturated heterocycles. The zero-order valence-corrected chi connectivity index (χ0v) is 10.6. The zero-order chi connectivity index (χ0) is 12.1. The van der Waals surface area contributed by atoms with E-state index in [2.05, 4.69) is 15.9 Å². The molecule has 0 atom stereocenters. The third kappa shape index (κ3) is 3.11. The van der Waals surface area contributed by atoms with Gasteiger partial charge in [0.25, 0.3) is 0 Å². The van der Waals surface area contributed by atoms with Gasteiger partial charge in [0.05, 0.1) is 4.47 Å². The fourth-order valence-corrected chi connectivity index (χ4v) is 1.95. The van der Waals surface area contributed by atoms with Crippen LogP contribution >= 0.6 is 15.9 Å². The van der Waals surface area contributed by atoms with Crippen molar-refractivity contribution < 1.29 is 13.6 Å². The minimum Gasteiger partial charge on any atom is -0.294 e. The SMILES string of the molecule is CCCCCC(=O)c1ccc(F)c(F)c1Br. The van der Waals surface area contributed by atoms with Crippen LogP contribution in [0.2, 0.25) is 0 Å². The van der Waals surface area contributed by atoms with Crippen LogP contribution < -0.4 is 0 Å². The molecule has 4 heteroatoms. The zero-order valence-electron chi connectivity index (χ0n) is 9.03. The van der Waals surface area contributed by atoms with E-state index in [9.17, 15) is 13.6 Å². The number of benzene rings is 1. The van der Waals surface area contributed by atoms with Crippen molar-refractivity contribution in [3.63, 3.8) is 0 Å². The molecule has 1 nitrogen and oxygen atoms in total. The second kappa shape index (κ2) is 6.09. The monoisotopic (exact) mass is 290 g/mol. The van der Waals surface area contributed by atoms with Crippen molar-refractivity contribution in [2.24, 2.45) is 0 Å². The standard InChI is InChI=1S/C12H13BrF2O/c1-2-3-4-5-10(16)8-6-7-9(14)12(15)11(8)13/h6-7H,2-5H2,1H3. The minimum atomic E-state index is -0.999. The summed E-state index contributed by atoms with van der Waals surface area (Å²) in [6.07, 6.45) is 3.14. The first-order chi connectivity index (χ1) is 7.57. The molecule has 0 aliphatic rings. The highest BCUT2D eigenvalue weighted by Crippen LogP contribution is 2.24. The van der Waals surface area contributed by atoms with Crippen molar-refractivity contribution in [3.05, 3.63) is 33.8 Å². The molecule has 1 rings (SSSR count). The number of halogens is 3. The summed E-state index contributed by atoms with van der Waals surface area (Å²) in [6.45, 7) is 2.04. The molecule has 1 aromatic rings. The lowest BCUT2D eigenvalue weighted by atomic mass is 10.0. The van der Waals surface area contributed by atoms with E-state index in [4.69, 9.17) is 0 Å². The first kappa shape index (κ1) is 13.3. The summed E-state index contributed by atoms with van der Waals surface area (Å²) < 4.78 is 25.9. The number of carbonyl (C=O) groups is 1. The van der Waals surface area contributed by atoms with Crippen LogP contribution in [-0.4, -0.2) is 5.78 Å². The molecule has 0 aliphatic heterocycles. The average molecular weight is 291 g/mol. The molecule has 16 heavy (non-hydrogen) atoms. The van der Waals surface area contributed by atoms with E-state index in [1.807, 2.05) is 6.92 Å². The molecule has 0 fully saturated rings. The summed E-state index contributed by atoms with van der Waals surface area (Å²) in [7, 11) is 0. The van der Waals surface area contributed by atoms with Gasteiger partial charge in [0.1, 0.15) is 0 Å². The van der Waals surface area contributed by atoms with Crippen molar-refractivity contribution in [1.29, 1.82) is 0 Å². The van der Waals surface area contributed by atoms with Gasteiger partial charge in [-0.2, -0.15) is 0 Å². The van der Waals surface area contributed by atoms with Crippen LogP contribution in [0.1, 0.15) is 43.0 Å². The molecule has 0 spiro atoms. The summed E-state index contributed by atoms with van der Waals surface area (Å²) in [5.74, 6) is -2.10. The van der Waals surface area contributed by atoms with Gasteiger partial charge in [-0.3, -0.25) is 4.79 Å². The van der Waals surface area contributed by atoms with Gasteiger partial charge in [-0.1, -0.05) is 19.8 Å². The third-order valence-corrected chi connectivity index (χ3v) is 3.12. The van der Waals surface area contributed by atoms with Gasteiger partial charge >= 0.3 is 0 Å². The fourth-order valence-electron chi connectivity index (χ4n) is 1.41. The van der Waals surface area contributed by atoms with Crippen LogP contribution in [0.15, 0.2) is 16.6 Å². The van der Waals surface area contributed by atoms with Gasteiger partial charge < -0.3 is 0 Å². The van der Waals surface area contributed by atoms with E-state index in [0.29, 0.717) is 6.42 Å². The fraction of sp³-hybridized carbons (Fsp3) is 0.417. The highest BCUT2D eigenvalue weighted by atomic mass is 79.9. The topological polar surface area (TPSA) is 17.1 Å². The number of hydrogen-bond donors (Lipinski definition) is 0. The van der Waals surface area contributed by atoms with Crippen molar-refractivity contribution in [2.45, 2.75) is 32.6 Å². The molecule has 0 unspecified atom stereocenters. The third-order valence-electron chi connectivity index (χ3n) is 2.34. The number of carbonyl (C=O) groups excluding carboxylic acids is 1. The van der Waals surface area contributed by atoms with Gasteiger partial charge in [0, 0.05) is 12.0 Å². The van der Waals surface area contributed by atoms with Gasteiger partial charge in [-0.05, 0) is 34.5 Å². The van der Waals surface area contributed by atoms with E-state index in [0.717, 1.165) is 25.3 Å². The van der Waals surface area contributed by atoms with Crippen LogP contribution in [0.3, 0.4) is 0 Å². The second-order valence-corrected chi connectivity index (χ2v) is 4.40. The van der Waals surface area contributed by atoms with E-state index in [-0.39, 0.29) is 15.8 Å². The van der Waals surface area contributed by atoms with E-state index in [1.165, 1.54) is 6.07 Å². The Kier molecular flexibility index (Phi) is 5.06. The van der Waals surface area contributed by atoms with E-state index in [1.54, 1.807) is 0 Å². The maximum atomic E-state index is 13.2.